The van der Waals surface area contributed by atoms with Gasteiger partial charge in [-0.25, -0.2) is 0 Å². The Hall–Kier alpha value is -3.68. The average molecular weight is 413 g/mol. The summed E-state index contributed by atoms with van der Waals surface area (Å²) >= 11 is 1.90. The maximum atomic E-state index is 2.37. The molecule has 1 aromatic heterocycles. The van der Waals surface area contributed by atoms with E-state index >= 15 is 0 Å². The largest absolute Gasteiger partial charge is 0.134 e. The fourth-order valence-electron chi connectivity index (χ4n) is 4.38. The highest BCUT2D eigenvalue weighted by molar-refractivity contribution is 7.21. The second kappa shape index (κ2) is 7.54. The topological polar surface area (TPSA) is 0 Å². The van der Waals surface area contributed by atoms with Crippen LogP contribution in [-0.4, -0.2) is 0 Å². The SMILES string of the molecule is c1ccc(-c2cc3ccccc3cc2-c2sc(-c3ccccc3)c3ccccc23)cc1. The molecular weight excluding hydrogens is 392 g/mol. The lowest BCUT2D eigenvalue weighted by Gasteiger charge is -2.12. The summed E-state index contributed by atoms with van der Waals surface area (Å²) in [5.41, 5.74) is 5.11. The third kappa shape index (κ3) is 3.15. The summed E-state index contributed by atoms with van der Waals surface area (Å²) < 4.78 is 0. The molecule has 0 spiro atoms. The molecule has 5 aromatic carbocycles. The van der Waals surface area contributed by atoms with Crippen LogP contribution in [0.5, 0.6) is 0 Å². The van der Waals surface area contributed by atoms with E-state index in [0.29, 0.717) is 0 Å². The van der Waals surface area contributed by atoms with Crippen LogP contribution in [0.1, 0.15) is 0 Å². The highest BCUT2D eigenvalue weighted by atomic mass is 32.1. The van der Waals surface area contributed by atoms with Crippen LogP contribution in [-0.2, 0) is 0 Å². The summed E-state index contributed by atoms with van der Waals surface area (Å²) in [6.07, 6.45) is 0. The number of benzene rings is 5. The predicted octanol–water partition coefficient (Wildman–Crippen LogP) is 9.06. The van der Waals surface area contributed by atoms with Crippen molar-refractivity contribution in [1.82, 2.24) is 0 Å². The Kier molecular flexibility index (Phi) is 4.40. The molecule has 0 aliphatic heterocycles. The number of fused-ring (bicyclic) bond motifs is 2. The molecule has 0 amide bonds. The van der Waals surface area contributed by atoms with Crippen molar-refractivity contribution < 1.29 is 0 Å². The van der Waals surface area contributed by atoms with Gasteiger partial charge in [-0.05, 0) is 39.6 Å². The first kappa shape index (κ1) is 18.1. The maximum absolute atomic E-state index is 2.37. The van der Waals surface area contributed by atoms with Gasteiger partial charge in [-0.1, -0.05) is 109 Å². The van der Waals surface area contributed by atoms with Crippen molar-refractivity contribution in [3.05, 3.63) is 121 Å². The van der Waals surface area contributed by atoms with E-state index in [0.717, 1.165) is 0 Å². The van der Waals surface area contributed by atoms with Crippen molar-refractivity contribution in [1.29, 1.82) is 0 Å². The van der Waals surface area contributed by atoms with Crippen LogP contribution in [0.4, 0.5) is 0 Å². The van der Waals surface area contributed by atoms with Gasteiger partial charge >= 0.3 is 0 Å². The molecule has 0 fully saturated rings. The molecule has 0 nitrogen and oxygen atoms in total. The van der Waals surface area contributed by atoms with Crippen LogP contribution in [0.15, 0.2) is 121 Å². The Balaban J connectivity index is 1.69. The zero-order valence-electron chi connectivity index (χ0n) is 17.0. The molecule has 31 heavy (non-hydrogen) atoms. The van der Waals surface area contributed by atoms with Crippen LogP contribution in [0.3, 0.4) is 0 Å². The van der Waals surface area contributed by atoms with Gasteiger partial charge < -0.3 is 0 Å². The van der Waals surface area contributed by atoms with Crippen molar-refractivity contribution in [2.45, 2.75) is 0 Å². The standard InChI is InChI=1S/C30H20S/c1-3-11-21(12-4-1)27-19-23-15-7-8-16-24(23)20-28(27)30-26-18-10-9-17-25(26)29(31-30)22-13-5-2-6-14-22/h1-20H. The van der Waals surface area contributed by atoms with E-state index in [4.69, 9.17) is 0 Å². The highest BCUT2D eigenvalue weighted by Gasteiger charge is 2.17. The molecule has 0 bridgehead atoms. The molecule has 0 radical (unpaired) electrons. The molecule has 146 valence electrons. The zero-order chi connectivity index (χ0) is 20.6. The van der Waals surface area contributed by atoms with E-state index in [2.05, 4.69) is 121 Å². The lowest BCUT2D eigenvalue weighted by atomic mass is 9.93. The summed E-state index contributed by atoms with van der Waals surface area (Å²) in [6, 6.07) is 43.6. The Morgan fingerprint density at radius 3 is 1.52 bits per heavy atom. The van der Waals surface area contributed by atoms with Crippen LogP contribution in [0.2, 0.25) is 0 Å². The molecule has 1 heteroatoms. The van der Waals surface area contributed by atoms with Gasteiger partial charge in [0.15, 0.2) is 0 Å². The van der Waals surface area contributed by atoms with Gasteiger partial charge in [0.1, 0.15) is 0 Å². The van der Waals surface area contributed by atoms with E-state index < -0.39 is 0 Å². The van der Waals surface area contributed by atoms with Crippen molar-refractivity contribution >= 4 is 32.9 Å². The monoisotopic (exact) mass is 412 g/mol. The van der Waals surface area contributed by atoms with E-state index in [1.165, 1.54) is 53.6 Å². The summed E-state index contributed by atoms with van der Waals surface area (Å²) in [5.74, 6) is 0. The van der Waals surface area contributed by atoms with Crippen molar-refractivity contribution in [2.24, 2.45) is 0 Å². The van der Waals surface area contributed by atoms with Gasteiger partial charge in [-0.2, -0.15) is 0 Å². The summed E-state index contributed by atoms with van der Waals surface area (Å²) in [7, 11) is 0. The Morgan fingerprint density at radius 2 is 0.871 bits per heavy atom. The van der Waals surface area contributed by atoms with Crippen molar-refractivity contribution in [3.63, 3.8) is 0 Å². The second-order valence-electron chi connectivity index (χ2n) is 7.78. The smallest absolute Gasteiger partial charge is 0.0434 e. The number of rotatable bonds is 3. The fraction of sp³-hybridized carbons (Fsp3) is 0. The molecule has 1 heterocycles. The molecule has 6 rings (SSSR count). The average Bonchev–Trinajstić information content (AvgIpc) is 3.24. The van der Waals surface area contributed by atoms with Gasteiger partial charge in [0, 0.05) is 26.1 Å². The molecule has 0 aliphatic rings. The molecule has 0 N–H and O–H groups in total. The predicted molar refractivity (Wildman–Crippen MR) is 136 cm³/mol. The first-order valence-electron chi connectivity index (χ1n) is 10.5. The first-order valence-corrected chi connectivity index (χ1v) is 11.4. The van der Waals surface area contributed by atoms with E-state index in [1.54, 1.807) is 0 Å². The zero-order valence-corrected chi connectivity index (χ0v) is 17.8. The Bertz CT molecular complexity index is 1510. The number of hydrogen-bond donors (Lipinski definition) is 0. The second-order valence-corrected chi connectivity index (χ2v) is 8.80. The van der Waals surface area contributed by atoms with Crippen LogP contribution < -0.4 is 0 Å². The van der Waals surface area contributed by atoms with Gasteiger partial charge in [-0.3, -0.25) is 0 Å². The van der Waals surface area contributed by atoms with Crippen LogP contribution >= 0.6 is 11.3 Å². The molecule has 0 aliphatic carbocycles. The van der Waals surface area contributed by atoms with E-state index in [1.807, 2.05) is 11.3 Å². The Labute approximate surface area is 186 Å². The van der Waals surface area contributed by atoms with Gasteiger partial charge in [0.05, 0.1) is 0 Å². The summed E-state index contributed by atoms with van der Waals surface area (Å²) in [4.78, 5) is 2.66. The minimum atomic E-state index is 1.25. The van der Waals surface area contributed by atoms with E-state index in [9.17, 15) is 0 Å². The minimum absolute atomic E-state index is 1.25. The van der Waals surface area contributed by atoms with Gasteiger partial charge in [0.2, 0.25) is 0 Å². The van der Waals surface area contributed by atoms with Crippen LogP contribution in [0.25, 0.3) is 53.6 Å². The van der Waals surface area contributed by atoms with Gasteiger partial charge in [0.25, 0.3) is 0 Å². The number of thiophene rings is 1. The summed E-state index contributed by atoms with van der Waals surface area (Å²) in [6.45, 7) is 0. The third-order valence-electron chi connectivity index (χ3n) is 5.87. The minimum Gasteiger partial charge on any atom is -0.134 e. The molecule has 0 unspecified atom stereocenters. The van der Waals surface area contributed by atoms with Gasteiger partial charge in [-0.15, -0.1) is 11.3 Å². The van der Waals surface area contributed by atoms with Crippen molar-refractivity contribution in [2.75, 3.05) is 0 Å². The lowest BCUT2D eigenvalue weighted by molar-refractivity contribution is 1.64. The van der Waals surface area contributed by atoms with Crippen LogP contribution in [0, 0.1) is 0 Å². The highest BCUT2D eigenvalue weighted by Crippen LogP contribution is 2.47. The first-order chi connectivity index (χ1) is 15.4. The normalized spacial score (nSPS) is 11.2. The van der Waals surface area contributed by atoms with E-state index in [-0.39, 0.29) is 0 Å². The summed E-state index contributed by atoms with van der Waals surface area (Å²) in [5, 5.41) is 5.19. The molecule has 6 aromatic rings. The molecule has 0 atom stereocenters. The third-order valence-corrected chi connectivity index (χ3v) is 7.18. The fourth-order valence-corrected chi connectivity index (χ4v) is 5.69. The lowest BCUT2D eigenvalue weighted by Crippen LogP contribution is -1.85. The molecule has 0 saturated carbocycles. The quantitative estimate of drug-likeness (QED) is 0.272. The molecular formula is C30H20S. The maximum Gasteiger partial charge on any atom is 0.0434 e. The number of hydrogen-bond acceptors (Lipinski definition) is 1. The molecule has 0 saturated heterocycles. The van der Waals surface area contributed by atoms with Crippen molar-refractivity contribution in [3.8, 4) is 32.0 Å². The Morgan fingerprint density at radius 1 is 0.387 bits per heavy atom.